The SMILES string of the molecule is CCOC(=O)c1[nH]c2ccc(Cl)cc2c1CCN=C(NC#N)Nc1ccccc1. The molecule has 1 heterocycles. The number of hydrogen-bond acceptors (Lipinski definition) is 4. The van der Waals surface area contributed by atoms with Crippen LogP contribution in [0.5, 0.6) is 0 Å². The Hall–Kier alpha value is -3.50. The number of aliphatic imine (C=N–C) groups is 1. The second-order valence-corrected chi connectivity index (χ2v) is 6.53. The van der Waals surface area contributed by atoms with Crippen molar-refractivity contribution in [2.24, 2.45) is 4.99 Å². The number of nitrogens with one attached hydrogen (secondary N) is 3. The fourth-order valence-electron chi connectivity index (χ4n) is 2.96. The lowest BCUT2D eigenvalue weighted by molar-refractivity contribution is 0.0519. The van der Waals surface area contributed by atoms with Crippen LogP contribution in [0.1, 0.15) is 23.0 Å². The van der Waals surface area contributed by atoms with Gasteiger partial charge in [0.05, 0.1) is 6.61 Å². The zero-order valence-corrected chi connectivity index (χ0v) is 16.6. The molecule has 148 valence electrons. The third-order valence-electron chi connectivity index (χ3n) is 4.19. The summed E-state index contributed by atoms with van der Waals surface area (Å²) in [5.74, 6) is -0.0918. The average molecular weight is 410 g/mol. The van der Waals surface area contributed by atoms with E-state index in [2.05, 4.69) is 20.6 Å². The predicted molar refractivity (Wildman–Crippen MR) is 114 cm³/mol. The van der Waals surface area contributed by atoms with E-state index < -0.39 is 5.97 Å². The molecule has 0 saturated heterocycles. The molecule has 8 heteroatoms. The van der Waals surface area contributed by atoms with Crippen molar-refractivity contribution in [1.29, 1.82) is 5.26 Å². The fraction of sp³-hybridized carbons (Fsp3) is 0.190. The summed E-state index contributed by atoms with van der Waals surface area (Å²) in [6.45, 7) is 2.38. The lowest BCUT2D eigenvalue weighted by Crippen LogP contribution is -2.27. The molecule has 2 aromatic carbocycles. The summed E-state index contributed by atoms with van der Waals surface area (Å²) < 4.78 is 5.17. The van der Waals surface area contributed by atoms with Crippen LogP contribution in [-0.2, 0) is 11.2 Å². The van der Waals surface area contributed by atoms with E-state index in [1.54, 1.807) is 13.0 Å². The molecule has 0 aliphatic rings. The van der Waals surface area contributed by atoms with Crippen molar-refractivity contribution >= 4 is 40.1 Å². The van der Waals surface area contributed by atoms with E-state index >= 15 is 0 Å². The van der Waals surface area contributed by atoms with Gasteiger partial charge in [0.15, 0.2) is 6.19 Å². The number of benzene rings is 2. The van der Waals surface area contributed by atoms with E-state index in [-0.39, 0.29) is 6.61 Å². The molecule has 1 aromatic heterocycles. The highest BCUT2D eigenvalue weighted by atomic mass is 35.5. The van der Waals surface area contributed by atoms with Gasteiger partial charge in [0, 0.05) is 28.2 Å². The molecule has 0 unspecified atom stereocenters. The number of anilines is 1. The van der Waals surface area contributed by atoms with Gasteiger partial charge in [0.2, 0.25) is 5.96 Å². The predicted octanol–water partition coefficient (Wildman–Crippen LogP) is 4.08. The Kier molecular flexibility index (Phi) is 6.72. The number of halogens is 1. The molecule has 0 saturated carbocycles. The van der Waals surface area contributed by atoms with Crippen molar-refractivity contribution in [3.05, 3.63) is 64.8 Å². The highest BCUT2D eigenvalue weighted by molar-refractivity contribution is 6.31. The second-order valence-electron chi connectivity index (χ2n) is 6.10. The summed E-state index contributed by atoms with van der Waals surface area (Å²) in [7, 11) is 0. The van der Waals surface area contributed by atoms with Gasteiger partial charge in [-0.2, -0.15) is 5.26 Å². The first-order valence-electron chi connectivity index (χ1n) is 9.11. The summed E-state index contributed by atoms with van der Waals surface area (Å²) in [4.78, 5) is 19.9. The smallest absolute Gasteiger partial charge is 0.355 e. The minimum Gasteiger partial charge on any atom is -0.461 e. The van der Waals surface area contributed by atoms with Gasteiger partial charge in [-0.1, -0.05) is 29.8 Å². The van der Waals surface area contributed by atoms with Crippen LogP contribution in [0.15, 0.2) is 53.5 Å². The molecule has 0 bridgehead atoms. The number of ether oxygens (including phenoxy) is 1. The fourth-order valence-corrected chi connectivity index (χ4v) is 3.13. The molecular weight excluding hydrogens is 390 g/mol. The number of aromatic nitrogens is 1. The van der Waals surface area contributed by atoms with Gasteiger partial charge in [-0.25, -0.2) is 4.79 Å². The van der Waals surface area contributed by atoms with Crippen molar-refractivity contribution < 1.29 is 9.53 Å². The average Bonchev–Trinajstić information content (AvgIpc) is 3.07. The van der Waals surface area contributed by atoms with Crippen molar-refractivity contribution in [1.82, 2.24) is 10.3 Å². The van der Waals surface area contributed by atoms with E-state index in [0.29, 0.717) is 29.6 Å². The van der Waals surface area contributed by atoms with Crippen LogP contribution in [0.3, 0.4) is 0 Å². The Bertz CT molecular complexity index is 1070. The van der Waals surface area contributed by atoms with Crippen LogP contribution in [-0.4, -0.2) is 30.1 Å². The summed E-state index contributed by atoms with van der Waals surface area (Å²) in [6.07, 6.45) is 2.33. The molecule has 0 atom stereocenters. The first-order valence-corrected chi connectivity index (χ1v) is 9.49. The van der Waals surface area contributed by atoms with Crippen LogP contribution in [0, 0.1) is 11.5 Å². The van der Waals surface area contributed by atoms with Crippen LogP contribution in [0.2, 0.25) is 5.02 Å². The maximum atomic E-state index is 12.4. The number of nitriles is 1. The van der Waals surface area contributed by atoms with Crippen molar-refractivity contribution in [3.8, 4) is 6.19 Å². The maximum Gasteiger partial charge on any atom is 0.355 e. The molecule has 3 N–H and O–H groups in total. The molecule has 29 heavy (non-hydrogen) atoms. The van der Waals surface area contributed by atoms with Crippen LogP contribution in [0.4, 0.5) is 5.69 Å². The number of H-pyrrole nitrogens is 1. The summed E-state index contributed by atoms with van der Waals surface area (Å²) in [5.41, 5.74) is 2.78. The molecule has 0 spiro atoms. The molecule has 0 aliphatic carbocycles. The molecule has 7 nitrogen and oxygen atoms in total. The zero-order chi connectivity index (χ0) is 20.6. The molecule has 0 aliphatic heterocycles. The Morgan fingerprint density at radius 1 is 1.28 bits per heavy atom. The van der Waals surface area contributed by atoms with Crippen LogP contribution >= 0.6 is 11.6 Å². The number of guanidine groups is 1. The van der Waals surface area contributed by atoms with Gasteiger partial charge in [-0.3, -0.25) is 10.3 Å². The molecule has 0 radical (unpaired) electrons. The third-order valence-corrected chi connectivity index (χ3v) is 4.43. The normalized spacial score (nSPS) is 11.1. The lowest BCUT2D eigenvalue weighted by atomic mass is 10.1. The first kappa shape index (κ1) is 20.2. The number of para-hydroxylation sites is 1. The largest absolute Gasteiger partial charge is 0.461 e. The first-order chi connectivity index (χ1) is 14.1. The summed E-state index contributed by atoms with van der Waals surface area (Å²) in [6, 6.07) is 14.8. The second kappa shape index (κ2) is 9.62. The number of nitrogens with zero attached hydrogens (tertiary/aromatic N) is 2. The van der Waals surface area contributed by atoms with Crippen LogP contribution in [0.25, 0.3) is 10.9 Å². The van der Waals surface area contributed by atoms with Gasteiger partial charge in [-0.15, -0.1) is 0 Å². The zero-order valence-electron chi connectivity index (χ0n) is 15.8. The molecule has 0 amide bonds. The number of carbonyl (C=O) groups is 1. The highest BCUT2D eigenvalue weighted by Gasteiger charge is 2.18. The highest BCUT2D eigenvalue weighted by Crippen LogP contribution is 2.27. The summed E-state index contributed by atoms with van der Waals surface area (Å²) in [5, 5.41) is 16.0. The van der Waals surface area contributed by atoms with Gasteiger partial charge in [0.25, 0.3) is 0 Å². The molecular formula is C21H20ClN5O2. The number of aromatic amines is 1. The number of carbonyl (C=O) groups excluding carboxylic acids is 1. The standard InChI is InChI=1S/C21H20ClN5O2/c1-2-29-20(28)19-16(17-12-14(22)8-9-18(17)27-19)10-11-24-21(25-13-23)26-15-6-4-3-5-7-15/h3-9,12,27H,2,10-11H2,1H3,(H2,24,25,26). The number of hydrogen-bond donors (Lipinski definition) is 3. The molecule has 3 aromatic rings. The van der Waals surface area contributed by atoms with Crippen molar-refractivity contribution in [2.75, 3.05) is 18.5 Å². The van der Waals surface area contributed by atoms with Gasteiger partial charge in [0.1, 0.15) is 5.69 Å². The number of fused-ring (bicyclic) bond motifs is 1. The molecule has 0 fully saturated rings. The van der Waals surface area contributed by atoms with Crippen molar-refractivity contribution in [3.63, 3.8) is 0 Å². The van der Waals surface area contributed by atoms with E-state index in [9.17, 15) is 4.79 Å². The van der Waals surface area contributed by atoms with Crippen LogP contribution < -0.4 is 10.6 Å². The minimum absolute atomic E-state index is 0.282. The number of rotatable bonds is 6. The third kappa shape index (κ3) is 5.06. The Labute approximate surface area is 173 Å². The van der Waals surface area contributed by atoms with E-state index in [4.69, 9.17) is 21.6 Å². The Morgan fingerprint density at radius 3 is 2.79 bits per heavy atom. The monoisotopic (exact) mass is 409 g/mol. The Balaban J connectivity index is 1.85. The van der Waals surface area contributed by atoms with Gasteiger partial charge in [-0.05, 0) is 49.2 Å². The van der Waals surface area contributed by atoms with E-state index in [1.165, 1.54) is 0 Å². The Morgan fingerprint density at radius 2 is 2.07 bits per heavy atom. The van der Waals surface area contributed by atoms with Gasteiger partial charge < -0.3 is 15.0 Å². The summed E-state index contributed by atoms with van der Waals surface area (Å²) >= 11 is 6.14. The molecule has 3 rings (SSSR count). The number of esters is 1. The van der Waals surface area contributed by atoms with E-state index in [0.717, 1.165) is 22.2 Å². The van der Waals surface area contributed by atoms with Gasteiger partial charge >= 0.3 is 5.97 Å². The van der Waals surface area contributed by atoms with E-state index in [1.807, 2.05) is 48.7 Å². The van der Waals surface area contributed by atoms with Crippen molar-refractivity contribution in [2.45, 2.75) is 13.3 Å². The quantitative estimate of drug-likeness (QED) is 0.187. The lowest BCUT2D eigenvalue weighted by Gasteiger charge is -2.08. The topological polar surface area (TPSA) is 102 Å². The maximum absolute atomic E-state index is 12.4. The minimum atomic E-state index is -0.420.